The van der Waals surface area contributed by atoms with E-state index in [1.807, 2.05) is 11.4 Å². The van der Waals surface area contributed by atoms with Gasteiger partial charge in [-0.3, -0.25) is 0 Å². The zero-order chi connectivity index (χ0) is 17.0. The number of urea groups is 1. The monoisotopic (exact) mass is 362 g/mol. The summed E-state index contributed by atoms with van der Waals surface area (Å²) in [7, 11) is 0. The maximum Gasteiger partial charge on any atom is 0.319 e. The van der Waals surface area contributed by atoms with E-state index in [1.165, 1.54) is 17.6 Å². The molecule has 0 spiro atoms. The van der Waals surface area contributed by atoms with Gasteiger partial charge in [-0.25, -0.2) is 4.79 Å². The van der Waals surface area contributed by atoms with Gasteiger partial charge >= 0.3 is 6.03 Å². The highest BCUT2D eigenvalue weighted by Crippen LogP contribution is 2.32. The van der Waals surface area contributed by atoms with Crippen LogP contribution in [0.2, 0.25) is 5.02 Å². The third-order valence-electron chi connectivity index (χ3n) is 3.48. The van der Waals surface area contributed by atoms with Crippen molar-refractivity contribution in [1.29, 1.82) is 0 Å². The Morgan fingerprint density at radius 1 is 1.21 bits per heavy atom. The largest absolute Gasteiger partial charge is 0.466 e. The summed E-state index contributed by atoms with van der Waals surface area (Å²) in [6.07, 6.45) is 1.48. The summed E-state index contributed by atoms with van der Waals surface area (Å²) in [6.45, 7) is -0.0443. The topological polar surface area (TPSA) is 74.5 Å². The molecule has 0 aliphatic rings. The third-order valence-corrected chi connectivity index (χ3v) is 4.83. The summed E-state index contributed by atoms with van der Waals surface area (Å²) in [5.41, 5.74) is -0.940. The molecule has 0 radical (unpaired) electrons. The van der Waals surface area contributed by atoms with Crippen LogP contribution in [0.15, 0.2) is 64.6 Å². The number of hydrogen-bond donors (Lipinski definition) is 3. The Morgan fingerprint density at radius 2 is 2.04 bits per heavy atom. The number of halogens is 1. The Bertz CT molecular complexity index is 769. The van der Waals surface area contributed by atoms with Crippen LogP contribution in [0.25, 0.3) is 0 Å². The van der Waals surface area contributed by atoms with Gasteiger partial charge in [0.1, 0.15) is 5.76 Å². The van der Waals surface area contributed by atoms with E-state index in [1.54, 1.807) is 42.5 Å². The molecule has 3 N–H and O–H groups in total. The first kappa shape index (κ1) is 16.6. The van der Waals surface area contributed by atoms with E-state index in [0.717, 1.165) is 0 Å². The van der Waals surface area contributed by atoms with E-state index in [-0.39, 0.29) is 6.54 Å². The summed E-state index contributed by atoms with van der Waals surface area (Å²) in [4.78, 5) is 12.8. The zero-order valence-electron chi connectivity index (χ0n) is 12.5. The number of rotatable bonds is 5. The molecule has 0 saturated heterocycles. The van der Waals surface area contributed by atoms with Crippen LogP contribution in [-0.4, -0.2) is 17.7 Å². The van der Waals surface area contributed by atoms with Crippen molar-refractivity contribution in [1.82, 2.24) is 5.32 Å². The first-order valence-corrected chi connectivity index (χ1v) is 8.45. The van der Waals surface area contributed by atoms with Gasteiger partial charge in [0.2, 0.25) is 0 Å². The smallest absolute Gasteiger partial charge is 0.319 e. The molecule has 2 aromatic heterocycles. The number of para-hydroxylation sites is 1. The highest BCUT2D eigenvalue weighted by Gasteiger charge is 2.36. The lowest BCUT2D eigenvalue weighted by Gasteiger charge is -2.25. The fourth-order valence-corrected chi connectivity index (χ4v) is 3.27. The summed E-state index contributed by atoms with van der Waals surface area (Å²) in [6, 6.07) is 13.4. The molecule has 0 aliphatic heterocycles. The van der Waals surface area contributed by atoms with E-state index >= 15 is 0 Å². The second-order valence-corrected chi connectivity index (χ2v) is 6.46. The lowest BCUT2D eigenvalue weighted by molar-refractivity contribution is 0.0628. The number of benzene rings is 1. The van der Waals surface area contributed by atoms with Crippen molar-refractivity contribution in [2.45, 2.75) is 5.60 Å². The van der Waals surface area contributed by atoms with Gasteiger partial charge in [0.15, 0.2) is 5.60 Å². The van der Waals surface area contributed by atoms with Crippen molar-refractivity contribution >= 4 is 34.7 Å². The van der Waals surface area contributed by atoms with E-state index < -0.39 is 11.6 Å². The van der Waals surface area contributed by atoms with Crippen molar-refractivity contribution in [3.05, 3.63) is 75.8 Å². The number of carbonyl (C=O) groups is 1. The first-order valence-electron chi connectivity index (χ1n) is 7.19. The molecule has 5 nitrogen and oxygen atoms in total. The molecule has 0 fully saturated rings. The number of thiophene rings is 1. The molecule has 0 saturated carbocycles. The normalized spacial score (nSPS) is 13.2. The number of furan rings is 1. The van der Waals surface area contributed by atoms with Crippen LogP contribution in [0.4, 0.5) is 10.5 Å². The quantitative estimate of drug-likeness (QED) is 0.641. The average Bonchev–Trinajstić information content (AvgIpc) is 3.28. The maximum absolute atomic E-state index is 12.1. The third kappa shape index (κ3) is 3.46. The molecule has 0 bridgehead atoms. The molecule has 24 heavy (non-hydrogen) atoms. The predicted octanol–water partition coefficient (Wildman–Crippen LogP) is 4.05. The first-order chi connectivity index (χ1) is 11.6. The van der Waals surface area contributed by atoms with E-state index in [0.29, 0.717) is 21.3 Å². The molecule has 7 heteroatoms. The molecule has 2 amide bonds. The van der Waals surface area contributed by atoms with Crippen LogP contribution >= 0.6 is 22.9 Å². The second-order valence-electron chi connectivity index (χ2n) is 5.10. The summed E-state index contributed by atoms with van der Waals surface area (Å²) >= 11 is 7.40. The minimum absolute atomic E-state index is 0.0443. The minimum atomic E-state index is -1.44. The van der Waals surface area contributed by atoms with Crippen molar-refractivity contribution in [3.63, 3.8) is 0 Å². The van der Waals surface area contributed by atoms with Crippen molar-refractivity contribution in [3.8, 4) is 0 Å². The number of anilines is 1. The number of nitrogens with one attached hydrogen (secondary N) is 2. The second kappa shape index (κ2) is 7.09. The van der Waals surface area contributed by atoms with E-state index in [9.17, 15) is 9.90 Å². The Morgan fingerprint density at radius 3 is 2.71 bits per heavy atom. The molecule has 3 rings (SSSR count). The summed E-state index contributed by atoms with van der Waals surface area (Å²) in [5, 5.41) is 18.7. The van der Waals surface area contributed by atoms with Gasteiger partial charge in [-0.1, -0.05) is 29.8 Å². The van der Waals surface area contributed by atoms with E-state index in [4.69, 9.17) is 16.0 Å². The predicted molar refractivity (Wildman–Crippen MR) is 94.5 cm³/mol. The van der Waals surface area contributed by atoms with Gasteiger partial charge in [-0.2, -0.15) is 0 Å². The number of hydrogen-bond acceptors (Lipinski definition) is 4. The molecule has 1 atom stereocenters. The van der Waals surface area contributed by atoms with Gasteiger partial charge < -0.3 is 20.2 Å². The van der Waals surface area contributed by atoms with Crippen LogP contribution in [-0.2, 0) is 5.60 Å². The minimum Gasteiger partial charge on any atom is -0.466 e. The van der Waals surface area contributed by atoms with Crippen molar-refractivity contribution < 1.29 is 14.3 Å². The number of carbonyl (C=O) groups excluding carboxylic acids is 1. The van der Waals surface area contributed by atoms with Crippen molar-refractivity contribution in [2.75, 3.05) is 11.9 Å². The summed E-state index contributed by atoms with van der Waals surface area (Å²) < 4.78 is 5.36. The number of aliphatic hydroxyl groups is 1. The van der Waals surface area contributed by atoms with Crippen LogP contribution in [0.5, 0.6) is 0 Å². The molecule has 0 unspecified atom stereocenters. The fraction of sp³-hybridized carbons (Fsp3) is 0.118. The Balaban J connectivity index is 1.73. The average molecular weight is 363 g/mol. The van der Waals surface area contributed by atoms with Crippen LogP contribution < -0.4 is 10.6 Å². The van der Waals surface area contributed by atoms with Gasteiger partial charge in [-0.15, -0.1) is 11.3 Å². The standard InChI is InChI=1S/C17H15ClN2O3S/c18-12-5-1-2-6-13(12)20-16(21)19-11-17(22,14-7-3-9-23-14)15-8-4-10-24-15/h1-10,22H,11H2,(H2,19,20,21)/t17-/m1/s1. The highest BCUT2D eigenvalue weighted by atomic mass is 35.5. The zero-order valence-corrected chi connectivity index (χ0v) is 14.1. The molecule has 0 aliphatic carbocycles. The van der Waals surface area contributed by atoms with Gasteiger partial charge in [-0.05, 0) is 35.7 Å². The van der Waals surface area contributed by atoms with Crippen molar-refractivity contribution in [2.24, 2.45) is 0 Å². The highest BCUT2D eigenvalue weighted by molar-refractivity contribution is 7.10. The van der Waals surface area contributed by atoms with Crippen LogP contribution in [0, 0.1) is 0 Å². The Kier molecular flexibility index (Phi) is 4.89. The van der Waals surface area contributed by atoms with Gasteiger partial charge in [0.05, 0.1) is 23.5 Å². The maximum atomic E-state index is 12.1. The lowest BCUT2D eigenvalue weighted by Crippen LogP contribution is -2.42. The van der Waals surface area contributed by atoms with E-state index in [2.05, 4.69) is 10.6 Å². The Labute approximate surface area is 147 Å². The van der Waals surface area contributed by atoms with Gasteiger partial charge in [0, 0.05) is 4.88 Å². The summed E-state index contributed by atoms with van der Waals surface area (Å²) in [5.74, 6) is 0.364. The SMILES string of the molecule is O=C(NC[C@@](O)(c1ccco1)c1cccs1)Nc1ccccc1Cl. The Hall–Kier alpha value is -2.28. The lowest BCUT2D eigenvalue weighted by atomic mass is 9.99. The molecule has 3 aromatic rings. The molecule has 124 valence electrons. The number of amides is 2. The molecule has 1 aromatic carbocycles. The van der Waals surface area contributed by atoms with Gasteiger partial charge in [0.25, 0.3) is 0 Å². The van der Waals surface area contributed by atoms with Crippen LogP contribution in [0.1, 0.15) is 10.6 Å². The molecular formula is C17H15ClN2O3S. The molecule has 2 heterocycles. The van der Waals surface area contributed by atoms with Crippen LogP contribution in [0.3, 0.4) is 0 Å². The molecular weight excluding hydrogens is 348 g/mol. The fourth-order valence-electron chi connectivity index (χ4n) is 2.26.